The molecule has 5 nitrogen and oxygen atoms in total. The summed E-state index contributed by atoms with van der Waals surface area (Å²) in [6, 6.07) is 13.4. The van der Waals surface area contributed by atoms with Crippen molar-refractivity contribution in [1.82, 2.24) is 10.2 Å². The van der Waals surface area contributed by atoms with Crippen molar-refractivity contribution in [2.24, 2.45) is 0 Å². The third-order valence-corrected chi connectivity index (χ3v) is 6.32. The Hall–Kier alpha value is -2.60. The number of hydrogen-bond donors (Lipinski definition) is 1. The Bertz CT molecular complexity index is 879. The average molecular weight is 426 g/mol. The fraction of sp³-hybridized carbons (Fsp3) is 0.480. The van der Waals surface area contributed by atoms with Crippen molar-refractivity contribution in [2.45, 2.75) is 45.2 Å². The van der Waals surface area contributed by atoms with Gasteiger partial charge in [-0.05, 0) is 67.1 Å². The number of nitrogens with one attached hydrogen (secondary N) is 1. The van der Waals surface area contributed by atoms with E-state index in [2.05, 4.69) is 33.3 Å². The van der Waals surface area contributed by atoms with E-state index < -0.39 is 0 Å². The van der Waals surface area contributed by atoms with E-state index in [4.69, 9.17) is 4.74 Å². The zero-order chi connectivity index (χ0) is 21.6. The Morgan fingerprint density at radius 3 is 2.65 bits per heavy atom. The molecular formula is C25H32FN3O2. The number of nitrogens with zero attached hydrogens (tertiary/aromatic N) is 2. The standard InChI is InChI=1S/C25H32FN3O2/c1-19(30)27-18-20-3-4-21-9-15-29(25(21)17-20)23-10-13-28(14-11-23)12-2-16-31-24-7-5-22(26)6-8-24/h3-8,17,23H,2,9-16,18H2,1H3,(H,27,30). The van der Waals surface area contributed by atoms with E-state index in [0.717, 1.165) is 44.8 Å². The zero-order valence-corrected chi connectivity index (χ0v) is 18.3. The summed E-state index contributed by atoms with van der Waals surface area (Å²) in [5, 5.41) is 2.90. The Balaban J connectivity index is 1.22. The van der Waals surface area contributed by atoms with E-state index in [9.17, 15) is 9.18 Å². The zero-order valence-electron chi connectivity index (χ0n) is 18.3. The molecule has 1 amide bonds. The lowest BCUT2D eigenvalue weighted by atomic mass is 10.0. The number of ether oxygens (including phenoxy) is 1. The highest BCUT2D eigenvalue weighted by molar-refractivity contribution is 5.73. The van der Waals surface area contributed by atoms with Crippen LogP contribution in [0, 0.1) is 5.82 Å². The summed E-state index contributed by atoms with van der Waals surface area (Å²) < 4.78 is 18.7. The first-order chi connectivity index (χ1) is 15.1. The van der Waals surface area contributed by atoms with Gasteiger partial charge in [0.05, 0.1) is 6.61 Å². The van der Waals surface area contributed by atoms with Gasteiger partial charge in [-0.25, -0.2) is 4.39 Å². The quantitative estimate of drug-likeness (QED) is 0.654. The monoisotopic (exact) mass is 425 g/mol. The molecule has 0 saturated carbocycles. The van der Waals surface area contributed by atoms with Crippen molar-refractivity contribution in [3.8, 4) is 5.75 Å². The predicted molar refractivity (Wildman–Crippen MR) is 121 cm³/mol. The fourth-order valence-electron chi connectivity index (χ4n) is 4.63. The minimum absolute atomic E-state index is 0.00721. The van der Waals surface area contributed by atoms with Crippen LogP contribution in [0.5, 0.6) is 5.75 Å². The molecule has 1 saturated heterocycles. The molecule has 4 rings (SSSR count). The van der Waals surface area contributed by atoms with Crippen LogP contribution in [0.3, 0.4) is 0 Å². The largest absolute Gasteiger partial charge is 0.494 e. The normalized spacial score (nSPS) is 16.9. The van der Waals surface area contributed by atoms with Gasteiger partial charge in [-0.2, -0.15) is 0 Å². The molecule has 0 radical (unpaired) electrons. The van der Waals surface area contributed by atoms with Crippen molar-refractivity contribution < 1.29 is 13.9 Å². The number of carbonyl (C=O) groups excluding carboxylic acids is 1. The number of benzene rings is 2. The summed E-state index contributed by atoms with van der Waals surface area (Å²) in [5.74, 6) is 0.498. The average Bonchev–Trinajstić information content (AvgIpc) is 3.20. The van der Waals surface area contributed by atoms with Gasteiger partial charge in [-0.15, -0.1) is 0 Å². The first kappa shape index (κ1) is 21.6. The number of hydrogen-bond acceptors (Lipinski definition) is 4. The third-order valence-electron chi connectivity index (χ3n) is 6.32. The number of halogens is 1. The van der Waals surface area contributed by atoms with Gasteiger partial charge in [0.15, 0.2) is 0 Å². The van der Waals surface area contributed by atoms with Crippen molar-refractivity contribution in [3.05, 3.63) is 59.4 Å². The number of likely N-dealkylation sites (tertiary alicyclic amines) is 1. The number of anilines is 1. The van der Waals surface area contributed by atoms with Crippen LogP contribution in [0.25, 0.3) is 0 Å². The van der Waals surface area contributed by atoms with Gasteiger partial charge in [0, 0.05) is 51.4 Å². The highest BCUT2D eigenvalue weighted by atomic mass is 19.1. The molecule has 2 aliphatic rings. The van der Waals surface area contributed by atoms with E-state index in [1.54, 1.807) is 19.1 Å². The van der Waals surface area contributed by atoms with Crippen LogP contribution < -0.4 is 15.0 Å². The van der Waals surface area contributed by atoms with Crippen LogP contribution in [-0.2, 0) is 17.8 Å². The molecule has 0 aliphatic carbocycles. The molecule has 0 spiro atoms. The van der Waals surface area contributed by atoms with Crippen molar-refractivity contribution in [3.63, 3.8) is 0 Å². The summed E-state index contributed by atoms with van der Waals surface area (Å²) in [7, 11) is 0. The molecule has 166 valence electrons. The summed E-state index contributed by atoms with van der Waals surface area (Å²) in [6.45, 7) is 7.15. The molecule has 6 heteroatoms. The SMILES string of the molecule is CC(=O)NCc1ccc2c(c1)N(C1CCN(CCCOc3ccc(F)cc3)CC1)CC2. The van der Waals surface area contributed by atoms with Gasteiger partial charge >= 0.3 is 0 Å². The molecule has 0 unspecified atom stereocenters. The van der Waals surface area contributed by atoms with E-state index in [1.807, 2.05) is 0 Å². The van der Waals surface area contributed by atoms with Gasteiger partial charge in [-0.1, -0.05) is 12.1 Å². The van der Waals surface area contributed by atoms with Gasteiger partial charge in [-0.3, -0.25) is 4.79 Å². The summed E-state index contributed by atoms with van der Waals surface area (Å²) >= 11 is 0. The van der Waals surface area contributed by atoms with Gasteiger partial charge in [0.25, 0.3) is 0 Å². The topological polar surface area (TPSA) is 44.8 Å². The van der Waals surface area contributed by atoms with Gasteiger partial charge < -0.3 is 19.9 Å². The maximum atomic E-state index is 12.9. The van der Waals surface area contributed by atoms with Crippen LogP contribution in [0.15, 0.2) is 42.5 Å². The summed E-state index contributed by atoms with van der Waals surface area (Å²) in [6.07, 6.45) is 4.43. The molecule has 2 heterocycles. The van der Waals surface area contributed by atoms with Gasteiger partial charge in [0.1, 0.15) is 11.6 Å². The van der Waals surface area contributed by atoms with Crippen LogP contribution in [0.4, 0.5) is 10.1 Å². The third kappa shape index (κ3) is 5.76. The highest BCUT2D eigenvalue weighted by Gasteiger charge is 2.29. The second-order valence-electron chi connectivity index (χ2n) is 8.54. The highest BCUT2D eigenvalue weighted by Crippen LogP contribution is 2.33. The minimum Gasteiger partial charge on any atom is -0.494 e. The number of piperidine rings is 1. The lowest BCUT2D eigenvalue weighted by molar-refractivity contribution is -0.119. The first-order valence-electron chi connectivity index (χ1n) is 11.3. The Morgan fingerprint density at radius 2 is 1.90 bits per heavy atom. The molecule has 31 heavy (non-hydrogen) atoms. The smallest absolute Gasteiger partial charge is 0.217 e. The number of fused-ring (bicyclic) bond motifs is 1. The predicted octanol–water partition coefficient (Wildman–Crippen LogP) is 3.76. The molecular weight excluding hydrogens is 393 g/mol. The Labute approximate surface area is 184 Å². The Kier molecular flexibility index (Phi) is 7.07. The number of amides is 1. The molecule has 2 aliphatic heterocycles. The molecule has 1 fully saturated rings. The number of carbonyl (C=O) groups is 1. The van der Waals surface area contributed by atoms with Crippen LogP contribution in [-0.4, -0.2) is 49.6 Å². The van der Waals surface area contributed by atoms with Crippen LogP contribution >= 0.6 is 0 Å². The maximum absolute atomic E-state index is 12.9. The molecule has 0 atom stereocenters. The fourth-order valence-corrected chi connectivity index (χ4v) is 4.63. The summed E-state index contributed by atoms with van der Waals surface area (Å²) in [5.41, 5.74) is 3.94. The van der Waals surface area contributed by atoms with Crippen molar-refractivity contribution in [1.29, 1.82) is 0 Å². The molecule has 0 bridgehead atoms. The lowest BCUT2D eigenvalue weighted by Gasteiger charge is -2.38. The van der Waals surface area contributed by atoms with E-state index in [1.165, 1.54) is 41.8 Å². The van der Waals surface area contributed by atoms with Crippen LogP contribution in [0.2, 0.25) is 0 Å². The lowest BCUT2D eigenvalue weighted by Crippen LogP contribution is -2.44. The second-order valence-corrected chi connectivity index (χ2v) is 8.54. The minimum atomic E-state index is -0.236. The molecule has 0 aromatic heterocycles. The van der Waals surface area contributed by atoms with Crippen LogP contribution in [0.1, 0.15) is 37.3 Å². The molecule has 1 N–H and O–H groups in total. The molecule has 2 aromatic carbocycles. The van der Waals surface area contributed by atoms with E-state index in [-0.39, 0.29) is 11.7 Å². The van der Waals surface area contributed by atoms with E-state index in [0.29, 0.717) is 19.2 Å². The van der Waals surface area contributed by atoms with Crippen molar-refractivity contribution in [2.75, 3.05) is 37.7 Å². The van der Waals surface area contributed by atoms with Gasteiger partial charge in [0.2, 0.25) is 5.91 Å². The summed E-state index contributed by atoms with van der Waals surface area (Å²) in [4.78, 5) is 16.3. The second kappa shape index (κ2) is 10.1. The molecule has 2 aromatic rings. The van der Waals surface area contributed by atoms with E-state index >= 15 is 0 Å². The van der Waals surface area contributed by atoms with Crippen molar-refractivity contribution >= 4 is 11.6 Å². The first-order valence-corrected chi connectivity index (χ1v) is 11.3. The number of rotatable bonds is 8. The Morgan fingerprint density at radius 1 is 1.13 bits per heavy atom. The maximum Gasteiger partial charge on any atom is 0.217 e.